The fourth-order valence-corrected chi connectivity index (χ4v) is 5.13. The molecule has 4 rings (SSSR count). The molecule has 2 saturated carbocycles. The van der Waals surface area contributed by atoms with Crippen LogP contribution >= 0.6 is 0 Å². The van der Waals surface area contributed by atoms with Gasteiger partial charge < -0.3 is 4.90 Å². The highest BCUT2D eigenvalue weighted by Crippen LogP contribution is 2.48. The first kappa shape index (κ1) is 16.1. The monoisotopic (exact) mass is 329 g/mol. The van der Waals surface area contributed by atoms with Crippen LogP contribution < -0.4 is 0 Å². The van der Waals surface area contributed by atoms with Crippen molar-refractivity contribution in [2.75, 3.05) is 6.54 Å². The Kier molecular flexibility index (Phi) is 4.14. The minimum absolute atomic E-state index is 0.123. The van der Waals surface area contributed by atoms with E-state index in [1.807, 2.05) is 12.1 Å². The molecule has 1 saturated heterocycles. The van der Waals surface area contributed by atoms with Crippen LogP contribution in [0.1, 0.15) is 69.8 Å². The van der Waals surface area contributed by atoms with Crippen LogP contribution in [0.15, 0.2) is 24.3 Å². The molecule has 130 valence electrons. The Hall–Kier alpha value is -1.38. The van der Waals surface area contributed by atoms with E-state index in [1.54, 1.807) is 0 Å². The number of nitrogens with zero attached hydrogens (tertiary/aromatic N) is 1. The van der Waals surface area contributed by atoms with Gasteiger partial charge in [0.15, 0.2) is 0 Å². The molecular formula is C21H28FNO. The Morgan fingerprint density at radius 3 is 2.38 bits per heavy atom. The number of hydrogen-bond donors (Lipinski definition) is 0. The summed E-state index contributed by atoms with van der Waals surface area (Å²) in [4.78, 5) is 15.2. The molecule has 3 heteroatoms. The third-order valence-electron chi connectivity index (χ3n) is 7.04. The van der Waals surface area contributed by atoms with Crippen LogP contribution in [0.2, 0.25) is 0 Å². The fraction of sp³-hybridized carbons (Fsp3) is 0.667. The second kappa shape index (κ2) is 6.16. The van der Waals surface area contributed by atoms with Crippen molar-refractivity contribution in [3.05, 3.63) is 35.6 Å². The largest absolute Gasteiger partial charge is 0.337 e. The predicted octanol–water partition coefficient (Wildman–Crippen LogP) is 4.89. The van der Waals surface area contributed by atoms with Crippen LogP contribution in [-0.2, 0) is 4.79 Å². The van der Waals surface area contributed by atoms with Crippen molar-refractivity contribution in [3.63, 3.8) is 0 Å². The summed E-state index contributed by atoms with van der Waals surface area (Å²) in [5, 5.41) is 0. The van der Waals surface area contributed by atoms with Gasteiger partial charge in [0.25, 0.3) is 0 Å². The lowest BCUT2D eigenvalue weighted by atomic mass is 9.66. The minimum atomic E-state index is -0.186. The van der Waals surface area contributed by atoms with Crippen molar-refractivity contribution in [2.24, 2.45) is 11.8 Å². The van der Waals surface area contributed by atoms with E-state index >= 15 is 0 Å². The Labute approximate surface area is 144 Å². The van der Waals surface area contributed by atoms with Crippen LogP contribution in [0.3, 0.4) is 0 Å². The van der Waals surface area contributed by atoms with Gasteiger partial charge in [0.2, 0.25) is 5.91 Å². The molecule has 24 heavy (non-hydrogen) atoms. The molecule has 1 aromatic rings. The number of likely N-dealkylation sites (tertiary alicyclic amines) is 1. The zero-order valence-corrected chi connectivity index (χ0v) is 14.6. The van der Waals surface area contributed by atoms with Crippen LogP contribution in [-0.4, -0.2) is 22.9 Å². The minimum Gasteiger partial charge on any atom is -0.337 e. The van der Waals surface area contributed by atoms with E-state index in [2.05, 4.69) is 11.8 Å². The Bertz CT molecular complexity index is 601. The van der Waals surface area contributed by atoms with Crippen molar-refractivity contribution in [1.29, 1.82) is 0 Å². The molecule has 2 aliphatic carbocycles. The van der Waals surface area contributed by atoms with Gasteiger partial charge in [-0.1, -0.05) is 31.4 Å². The van der Waals surface area contributed by atoms with Gasteiger partial charge >= 0.3 is 0 Å². The lowest BCUT2D eigenvalue weighted by molar-refractivity contribution is -0.160. The molecule has 0 radical (unpaired) electrons. The summed E-state index contributed by atoms with van der Waals surface area (Å²) in [7, 11) is 0. The topological polar surface area (TPSA) is 20.3 Å². The summed E-state index contributed by atoms with van der Waals surface area (Å²) >= 11 is 0. The van der Waals surface area contributed by atoms with Crippen molar-refractivity contribution >= 4 is 5.91 Å². The van der Waals surface area contributed by atoms with Crippen LogP contribution in [0.25, 0.3) is 0 Å². The maximum atomic E-state index is 13.0. The first-order valence-electron chi connectivity index (χ1n) is 9.65. The standard InChI is InChI=1S/C21H28FNO/c1-21(18-5-3-2-4-6-18)11-12-23(21)20(24)17-13-16(14-17)15-7-9-19(22)10-8-15/h7-10,16-18H,2-6,11-14H2,1H3. The lowest BCUT2D eigenvalue weighted by Gasteiger charge is -2.57. The van der Waals surface area contributed by atoms with Crippen molar-refractivity contribution in [1.82, 2.24) is 4.90 Å². The van der Waals surface area contributed by atoms with Crippen LogP contribution in [0.5, 0.6) is 0 Å². The normalized spacial score (nSPS) is 33.7. The van der Waals surface area contributed by atoms with Crippen molar-refractivity contribution in [3.8, 4) is 0 Å². The molecule has 3 fully saturated rings. The average Bonchev–Trinajstić information content (AvgIpc) is 2.54. The number of benzene rings is 1. The number of rotatable bonds is 3. The summed E-state index contributed by atoms with van der Waals surface area (Å²) < 4.78 is 13.0. The third-order valence-corrected chi connectivity index (χ3v) is 7.04. The van der Waals surface area contributed by atoms with Gasteiger partial charge in [0.1, 0.15) is 5.82 Å². The highest BCUT2D eigenvalue weighted by molar-refractivity contribution is 5.81. The van der Waals surface area contributed by atoms with Crippen LogP contribution in [0.4, 0.5) is 4.39 Å². The molecule has 1 heterocycles. The Morgan fingerprint density at radius 2 is 1.79 bits per heavy atom. The SMILES string of the molecule is CC1(C2CCCCC2)CCN1C(=O)C1CC(c2ccc(F)cc2)C1. The Morgan fingerprint density at radius 1 is 1.12 bits per heavy atom. The summed E-state index contributed by atoms with van der Waals surface area (Å²) in [6.07, 6.45) is 9.66. The third kappa shape index (κ3) is 2.66. The fourth-order valence-electron chi connectivity index (χ4n) is 5.13. The molecule has 3 aliphatic rings. The van der Waals surface area contributed by atoms with Gasteiger partial charge in [-0.15, -0.1) is 0 Å². The lowest BCUT2D eigenvalue weighted by Crippen LogP contribution is -2.66. The van der Waals surface area contributed by atoms with Gasteiger partial charge in [-0.2, -0.15) is 0 Å². The molecule has 1 amide bonds. The number of halogens is 1. The summed E-state index contributed by atoms with van der Waals surface area (Å²) in [6, 6.07) is 6.80. The zero-order chi connectivity index (χ0) is 16.7. The highest BCUT2D eigenvalue weighted by Gasteiger charge is 2.51. The van der Waals surface area contributed by atoms with Gasteiger partial charge in [0, 0.05) is 18.0 Å². The summed E-state index contributed by atoms with van der Waals surface area (Å²) in [5.41, 5.74) is 1.30. The average molecular weight is 329 g/mol. The van der Waals surface area contributed by atoms with E-state index in [0.29, 0.717) is 17.7 Å². The first-order chi connectivity index (χ1) is 11.6. The van der Waals surface area contributed by atoms with Gasteiger partial charge in [0.05, 0.1) is 0 Å². The zero-order valence-electron chi connectivity index (χ0n) is 14.6. The quantitative estimate of drug-likeness (QED) is 0.773. The molecule has 2 nitrogen and oxygen atoms in total. The number of hydrogen-bond acceptors (Lipinski definition) is 1. The second-order valence-corrected chi connectivity index (χ2v) is 8.35. The molecule has 0 bridgehead atoms. The molecule has 1 aliphatic heterocycles. The predicted molar refractivity (Wildman–Crippen MR) is 93.2 cm³/mol. The van der Waals surface area contributed by atoms with Gasteiger partial charge in [-0.3, -0.25) is 4.79 Å². The van der Waals surface area contributed by atoms with E-state index in [0.717, 1.165) is 19.4 Å². The number of amides is 1. The molecule has 0 aromatic heterocycles. The molecule has 1 atom stereocenters. The summed E-state index contributed by atoms with van der Waals surface area (Å²) in [6.45, 7) is 3.27. The molecule has 0 N–H and O–H groups in total. The van der Waals surface area contributed by atoms with E-state index in [9.17, 15) is 9.18 Å². The van der Waals surface area contributed by atoms with Crippen molar-refractivity contribution in [2.45, 2.75) is 69.7 Å². The molecular weight excluding hydrogens is 301 g/mol. The van der Waals surface area contributed by atoms with Crippen LogP contribution in [0, 0.1) is 17.7 Å². The maximum absolute atomic E-state index is 13.0. The van der Waals surface area contributed by atoms with E-state index in [-0.39, 0.29) is 17.3 Å². The summed E-state index contributed by atoms with van der Waals surface area (Å²) in [5.74, 6) is 1.52. The van der Waals surface area contributed by atoms with E-state index in [4.69, 9.17) is 0 Å². The number of carbonyl (C=O) groups is 1. The number of carbonyl (C=O) groups excluding carboxylic acids is 1. The smallest absolute Gasteiger partial charge is 0.226 e. The second-order valence-electron chi connectivity index (χ2n) is 8.35. The van der Waals surface area contributed by atoms with Gasteiger partial charge in [-0.25, -0.2) is 4.39 Å². The van der Waals surface area contributed by atoms with E-state index < -0.39 is 0 Å². The van der Waals surface area contributed by atoms with Crippen molar-refractivity contribution < 1.29 is 9.18 Å². The molecule has 1 aromatic carbocycles. The molecule has 1 unspecified atom stereocenters. The first-order valence-corrected chi connectivity index (χ1v) is 9.65. The molecule has 0 spiro atoms. The van der Waals surface area contributed by atoms with Gasteiger partial charge in [-0.05, 0) is 68.6 Å². The maximum Gasteiger partial charge on any atom is 0.226 e. The van der Waals surface area contributed by atoms with E-state index in [1.165, 1.54) is 56.2 Å². The Balaban J connectivity index is 1.36. The highest BCUT2D eigenvalue weighted by atomic mass is 19.1.